The molecule has 1 aliphatic carbocycles. The topological polar surface area (TPSA) is 77.1 Å². The fourth-order valence-electron chi connectivity index (χ4n) is 4.84. The zero-order valence-electron chi connectivity index (χ0n) is 20.3. The van der Waals surface area contributed by atoms with E-state index in [9.17, 15) is 9.59 Å². The Kier molecular flexibility index (Phi) is 7.07. The quantitative estimate of drug-likeness (QED) is 0.525. The molecule has 1 heterocycles. The first-order valence-corrected chi connectivity index (χ1v) is 12.3. The average Bonchev–Trinajstić information content (AvgIpc) is 3.44. The second-order valence-electron chi connectivity index (χ2n) is 9.07. The van der Waals surface area contributed by atoms with Gasteiger partial charge in [0.25, 0.3) is 5.91 Å². The molecule has 1 aliphatic heterocycles. The predicted octanol–water partition coefficient (Wildman–Crippen LogP) is 4.67. The first-order chi connectivity index (χ1) is 17.6. The molecule has 0 unspecified atom stereocenters. The van der Waals surface area contributed by atoms with Gasteiger partial charge in [0.1, 0.15) is 18.4 Å². The number of nitrogens with one attached hydrogen (secondary N) is 1. The number of hydrogen-bond donors (Lipinski definition) is 1. The fraction of sp³-hybridized carbons (Fsp3) is 0.310. The van der Waals surface area contributed by atoms with Crippen molar-refractivity contribution >= 4 is 17.5 Å². The lowest BCUT2D eigenvalue weighted by atomic mass is 10.0. The van der Waals surface area contributed by atoms with Crippen molar-refractivity contribution in [3.8, 4) is 17.2 Å². The Labute approximate surface area is 211 Å². The molecule has 7 nitrogen and oxygen atoms in total. The molecule has 2 atom stereocenters. The Balaban J connectivity index is 1.53. The Morgan fingerprint density at radius 1 is 0.917 bits per heavy atom. The van der Waals surface area contributed by atoms with Crippen molar-refractivity contribution in [2.75, 3.05) is 18.6 Å². The summed E-state index contributed by atoms with van der Waals surface area (Å²) >= 11 is 0. The minimum Gasteiger partial charge on any atom is -0.497 e. The molecular formula is C29H30N2O5. The van der Waals surface area contributed by atoms with Gasteiger partial charge >= 0.3 is 0 Å². The van der Waals surface area contributed by atoms with Gasteiger partial charge in [-0.05, 0) is 54.8 Å². The van der Waals surface area contributed by atoms with Crippen LogP contribution in [0.3, 0.4) is 0 Å². The van der Waals surface area contributed by atoms with Crippen LogP contribution < -0.4 is 24.4 Å². The molecule has 36 heavy (non-hydrogen) atoms. The van der Waals surface area contributed by atoms with Crippen LogP contribution in [0.5, 0.6) is 17.2 Å². The van der Waals surface area contributed by atoms with E-state index in [4.69, 9.17) is 14.2 Å². The molecule has 1 fully saturated rings. The zero-order chi connectivity index (χ0) is 24.9. The van der Waals surface area contributed by atoms with E-state index in [0.29, 0.717) is 28.5 Å². The number of hydrogen-bond acceptors (Lipinski definition) is 5. The highest BCUT2D eigenvalue weighted by molar-refractivity contribution is 6.03. The van der Waals surface area contributed by atoms with Crippen molar-refractivity contribution in [2.24, 2.45) is 0 Å². The van der Waals surface area contributed by atoms with Crippen molar-refractivity contribution in [3.05, 3.63) is 84.4 Å². The number of ether oxygens (including phenoxy) is 3. The van der Waals surface area contributed by atoms with Crippen molar-refractivity contribution in [3.63, 3.8) is 0 Å². The van der Waals surface area contributed by atoms with Gasteiger partial charge in [0.05, 0.1) is 7.11 Å². The SMILES string of the molecule is COc1ccc([C@@H](C(=O)NC2CCCC2)N(C(=O)[C@H]2COc3ccccc3O2)c2ccccc2)cc1. The maximum absolute atomic E-state index is 14.1. The first-order valence-electron chi connectivity index (χ1n) is 12.3. The lowest BCUT2D eigenvalue weighted by Crippen LogP contribution is -2.52. The largest absolute Gasteiger partial charge is 0.497 e. The number of para-hydroxylation sites is 3. The maximum atomic E-state index is 14.1. The summed E-state index contributed by atoms with van der Waals surface area (Å²) in [6.45, 7) is 0.0543. The first kappa shape index (κ1) is 23.7. The van der Waals surface area contributed by atoms with Crippen molar-refractivity contribution in [1.29, 1.82) is 0 Å². The van der Waals surface area contributed by atoms with Gasteiger partial charge in [-0.15, -0.1) is 0 Å². The van der Waals surface area contributed by atoms with E-state index in [1.54, 1.807) is 31.4 Å². The van der Waals surface area contributed by atoms with Crippen LogP contribution in [-0.2, 0) is 9.59 Å². The molecule has 0 bridgehead atoms. The summed E-state index contributed by atoms with van der Waals surface area (Å²) in [6.07, 6.45) is 3.16. The molecule has 3 aromatic rings. The Bertz CT molecular complexity index is 1190. The van der Waals surface area contributed by atoms with Gasteiger partial charge in [-0.1, -0.05) is 55.3 Å². The molecule has 0 spiro atoms. The normalized spacial score (nSPS) is 17.8. The average molecular weight is 487 g/mol. The lowest BCUT2D eigenvalue weighted by Gasteiger charge is -2.35. The second kappa shape index (κ2) is 10.7. The van der Waals surface area contributed by atoms with Gasteiger partial charge < -0.3 is 19.5 Å². The molecule has 1 N–H and O–H groups in total. The summed E-state index contributed by atoms with van der Waals surface area (Å²) in [6, 6.07) is 23.0. The van der Waals surface area contributed by atoms with Crippen molar-refractivity contribution in [2.45, 2.75) is 43.9 Å². The van der Waals surface area contributed by atoms with Gasteiger partial charge in [-0.25, -0.2) is 0 Å². The number of rotatable bonds is 7. The van der Waals surface area contributed by atoms with Crippen molar-refractivity contribution in [1.82, 2.24) is 5.32 Å². The van der Waals surface area contributed by atoms with Gasteiger partial charge in [0.2, 0.25) is 12.0 Å². The van der Waals surface area contributed by atoms with E-state index < -0.39 is 12.1 Å². The number of amides is 2. The number of methoxy groups -OCH3 is 1. The zero-order valence-corrected chi connectivity index (χ0v) is 20.3. The third-order valence-electron chi connectivity index (χ3n) is 6.70. The monoisotopic (exact) mass is 486 g/mol. The summed E-state index contributed by atoms with van der Waals surface area (Å²) in [5.41, 5.74) is 1.29. The number of carbonyl (C=O) groups is 2. The van der Waals surface area contributed by atoms with Gasteiger partial charge in [0, 0.05) is 11.7 Å². The maximum Gasteiger partial charge on any atom is 0.272 e. The third-order valence-corrected chi connectivity index (χ3v) is 6.70. The van der Waals surface area contributed by atoms with E-state index >= 15 is 0 Å². The summed E-state index contributed by atoms with van der Waals surface area (Å²) in [4.78, 5) is 29.5. The van der Waals surface area contributed by atoms with Crippen molar-refractivity contribution < 1.29 is 23.8 Å². The van der Waals surface area contributed by atoms with Crippen LogP contribution in [0.2, 0.25) is 0 Å². The molecule has 7 heteroatoms. The molecule has 3 aromatic carbocycles. The highest BCUT2D eigenvalue weighted by Crippen LogP contribution is 2.35. The predicted molar refractivity (Wildman–Crippen MR) is 136 cm³/mol. The van der Waals surface area contributed by atoms with Crippen LogP contribution in [0, 0.1) is 0 Å². The number of nitrogens with zero attached hydrogens (tertiary/aromatic N) is 1. The van der Waals surface area contributed by atoms with Crippen LogP contribution in [0.1, 0.15) is 37.3 Å². The number of anilines is 1. The summed E-state index contributed by atoms with van der Waals surface area (Å²) < 4.78 is 17.2. The van der Waals surface area contributed by atoms with E-state index in [2.05, 4.69) is 5.32 Å². The molecule has 5 rings (SSSR count). The smallest absolute Gasteiger partial charge is 0.272 e. The number of fused-ring (bicyclic) bond motifs is 1. The van der Waals surface area contributed by atoms with E-state index in [1.807, 2.05) is 54.6 Å². The molecule has 0 saturated heterocycles. The molecule has 2 amide bonds. The van der Waals surface area contributed by atoms with E-state index in [0.717, 1.165) is 25.7 Å². The number of benzene rings is 3. The van der Waals surface area contributed by atoms with Gasteiger partial charge in [-0.3, -0.25) is 14.5 Å². The third kappa shape index (κ3) is 5.00. The fourth-order valence-corrected chi connectivity index (χ4v) is 4.84. The lowest BCUT2D eigenvalue weighted by molar-refractivity contribution is -0.132. The standard InChI is InChI=1S/C29H30N2O5/c1-34-23-17-15-20(16-18-23)27(28(32)30-21-9-5-6-10-21)31(22-11-3-2-4-12-22)29(33)26-19-35-24-13-7-8-14-25(24)36-26/h2-4,7-8,11-18,21,26-27H,5-6,9-10,19H2,1H3,(H,30,32)/t26-,27+/m1/s1. The van der Waals surface area contributed by atoms with Crippen LogP contribution >= 0.6 is 0 Å². The number of carbonyl (C=O) groups excluding carboxylic acids is 2. The molecular weight excluding hydrogens is 456 g/mol. The summed E-state index contributed by atoms with van der Waals surface area (Å²) in [7, 11) is 1.59. The Hall–Kier alpha value is -4.00. The Morgan fingerprint density at radius 2 is 1.58 bits per heavy atom. The van der Waals surface area contributed by atoms with Crippen LogP contribution in [0.4, 0.5) is 5.69 Å². The van der Waals surface area contributed by atoms with Gasteiger partial charge in [0.15, 0.2) is 11.5 Å². The minimum atomic E-state index is -0.903. The molecule has 2 aliphatic rings. The minimum absolute atomic E-state index is 0.0543. The molecule has 1 saturated carbocycles. The second-order valence-corrected chi connectivity index (χ2v) is 9.07. The Morgan fingerprint density at radius 3 is 2.28 bits per heavy atom. The molecule has 0 aromatic heterocycles. The molecule has 0 radical (unpaired) electrons. The van der Waals surface area contributed by atoms with E-state index in [-0.39, 0.29) is 24.5 Å². The summed E-state index contributed by atoms with van der Waals surface area (Å²) in [5, 5.41) is 3.19. The van der Waals surface area contributed by atoms with Crippen LogP contribution in [0.15, 0.2) is 78.9 Å². The van der Waals surface area contributed by atoms with E-state index in [1.165, 1.54) is 4.90 Å². The highest BCUT2D eigenvalue weighted by Gasteiger charge is 2.39. The summed E-state index contributed by atoms with van der Waals surface area (Å²) in [5.74, 6) is 1.21. The van der Waals surface area contributed by atoms with Gasteiger partial charge in [-0.2, -0.15) is 0 Å². The highest BCUT2D eigenvalue weighted by atomic mass is 16.6. The van der Waals surface area contributed by atoms with Crippen LogP contribution in [0.25, 0.3) is 0 Å². The molecule has 186 valence electrons. The van der Waals surface area contributed by atoms with Crippen LogP contribution in [-0.4, -0.2) is 37.7 Å².